The highest BCUT2D eigenvalue weighted by Gasteiger charge is 2.14. The molecule has 3 N–H and O–H groups in total. The summed E-state index contributed by atoms with van der Waals surface area (Å²) in [6, 6.07) is 1.92. The quantitative estimate of drug-likeness (QED) is 0.844. The van der Waals surface area contributed by atoms with Crippen molar-refractivity contribution in [1.82, 2.24) is 0 Å². The SMILES string of the molecule is Cl.NC(CC(=O)O)c1ccc(F)cc1F. The molecule has 1 unspecified atom stereocenters. The van der Waals surface area contributed by atoms with Gasteiger partial charge in [-0.1, -0.05) is 6.07 Å². The standard InChI is InChI=1S/C9H9F2NO2.ClH/c10-5-1-2-6(7(11)3-5)8(12)4-9(13)14;/h1-3,8H,4,12H2,(H,13,14);1H. The van der Waals surface area contributed by atoms with E-state index in [0.717, 1.165) is 12.1 Å². The van der Waals surface area contributed by atoms with Crippen LogP contribution in [0.25, 0.3) is 0 Å². The van der Waals surface area contributed by atoms with E-state index in [2.05, 4.69) is 0 Å². The molecule has 3 nitrogen and oxygen atoms in total. The summed E-state index contributed by atoms with van der Waals surface area (Å²) < 4.78 is 25.5. The van der Waals surface area contributed by atoms with Gasteiger partial charge < -0.3 is 10.8 Å². The maximum Gasteiger partial charge on any atom is 0.305 e. The Hall–Kier alpha value is -1.20. The molecule has 0 saturated heterocycles. The highest BCUT2D eigenvalue weighted by atomic mass is 35.5. The smallest absolute Gasteiger partial charge is 0.305 e. The van der Waals surface area contributed by atoms with Crippen LogP contribution in [-0.2, 0) is 4.79 Å². The fourth-order valence-corrected chi connectivity index (χ4v) is 1.10. The molecule has 0 heterocycles. The summed E-state index contributed by atoms with van der Waals surface area (Å²) in [5, 5.41) is 8.41. The average molecular weight is 238 g/mol. The molecule has 0 amide bonds. The molecule has 0 fully saturated rings. The minimum Gasteiger partial charge on any atom is -0.481 e. The summed E-state index contributed by atoms with van der Waals surface area (Å²) in [6.07, 6.45) is -0.386. The summed E-state index contributed by atoms with van der Waals surface area (Å²) in [4.78, 5) is 10.3. The van der Waals surface area contributed by atoms with Crippen molar-refractivity contribution in [2.75, 3.05) is 0 Å². The highest BCUT2D eigenvalue weighted by molar-refractivity contribution is 5.85. The summed E-state index contributed by atoms with van der Waals surface area (Å²) in [7, 11) is 0. The van der Waals surface area contributed by atoms with E-state index in [0.29, 0.717) is 6.07 Å². The lowest BCUT2D eigenvalue weighted by Gasteiger charge is -2.09. The summed E-state index contributed by atoms with van der Waals surface area (Å²) in [5.41, 5.74) is 5.41. The summed E-state index contributed by atoms with van der Waals surface area (Å²) >= 11 is 0. The van der Waals surface area contributed by atoms with Crippen molar-refractivity contribution in [2.45, 2.75) is 12.5 Å². The first-order valence-electron chi connectivity index (χ1n) is 3.93. The summed E-state index contributed by atoms with van der Waals surface area (Å²) in [5.74, 6) is -2.66. The molecule has 0 aromatic heterocycles. The molecule has 0 aliphatic rings. The number of benzene rings is 1. The van der Waals surface area contributed by atoms with Crippen molar-refractivity contribution in [3.8, 4) is 0 Å². The van der Waals surface area contributed by atoms with Crippen LogP contribution in [0.15, 0.2) is 18.2 Å². The first-order valence-corrected chi connectivity index (χ1v) is 3.93. The van der Waals surface area contributed by atoms with Crippen LogP contribution in [0.4, 0.5) is 8.78 Å². The molecule has 15 heavy (non-hydrogen) atoms. The number of nitrogens with two attached hydrogens (primary N) is 1. The number of carboxylic acid groups (broad SMARTS) is 1. The Kier molecular flexibility index (Phi) is 5.18. The van der Waals surface area contributed by atoms with Gasteiger partial charge in [0.05, 0.1) is 6.42 Å². The number of hydrogen-bond acceptors (Lipinski definition) is 2. The van der Waals surface area contributed by atoms with Crippen molar-refractivity contribution in [3.05, 3.63) is 35.4 Å². The number of rotatable bonds is 3. The van der Waals surface area contributed by atoms with Gasteiger partial charge in [0.15, 0.2) is 0 Å². The molecule has 0 aliphatic carbocycles. The van der Waals surface area contributed by atoms with Gasteiger partial charge in [0.2, 0.25) is 0 Å². The van der Waals surface area contributed by atoms with Gasteiger partial charge in [-0.25, -0.2) is 8.78 Å². The van der Waals surface area contributed by atoms with Crippen LogP contribution in [0.2, 0.25) is 0 Å². The van der Waals surface area contributed by atoms with Crippen LogP contribution in [0.5, 0.6) is 0 Å². The second-order valence-corrected chi connectivity index (χ2v) is 2.87. The van der Waals surface area contributed by atoms with Gasteiger partial charge in [0.1, 0.15) is 11.6 Å². The van der Waals surface area contributed by atoms with Gasteiger partial charge >= 0.3 is 5.97 Å². The molecule has 1 atom stereocenters. The molecule has 6 heteroatoms. The topological polar surface area (TPSA) is 63.3 Å². The molecule has 1 aromatic carbocycles. The number of hydrogen-bond donors (Lipinski definition) is 2. The Balaban J connectivity index is 0.00000196. The van der Waals surface area contributed by atoms with E-state index in [1.165, 1.54) is 0 Å². The lowest BCUT2D eigenvalue weighted by atomic mass is 10.0. The average Bonchev–Trinajstić information content (AvgIpc) is 2.01. The van der Waals surface area contributed by atoms with E-state index < -0.39 is 23.6 Å². The third kappa shape index (κ3) is 3.81. The van der Waals surface area contributed by atoms with Crippen LogP contribution in [0.1, 0.15) is 18.0 Å². The zero-order valence-electron chi connectivity index (χ0n) is 7.61. The van der Waals surface area contributed by atoms with Crippen molar-refractivity contribution in [3.63, 3.8) is 0 Å². The van der Waals surface area contributed by atoms with Crippen LogP contribution in [0.3, 0.4) is 0 Å². The lowest BCUT2D eigenvalue weighted by Crippen LogP contribution is -2.16. The molecule has 0 aliphatic heterocycles. The molecule has 0 bridgehead atoms. The van der Waals surface area contributed by atoms with E-state index in [9.17, 15) is 13.6 Å². The Morgan fingerprint density at radius 3 is 2.53 bits per heavy atom. The maximum absolute atomic E-state index is 13.0. The molecule has 0 radical (unpaired) electrons. The second-order valence-electron chi connectivity index (χ2n) is 2.87. The molecule has 0 saturated carbocycles. The Bertz CT molecular complexity index is 360. The Labute approximate surface area is 91.3 Å². The number of aliphatic carboxylic acids is 1. The van der Waals surface area contributed by atoms with Crippen molar-refractivity contribution in [2.24, 2.45) is 5.73 Å². The fraction of sp³-hybridized carbons (Fsp3) is 0.222. The first kappa shape index (κ1) is 13.8. The predicted molar refractivity (Wildman–Crippen MR) is 52.8 cm³/mol. The zero-order chi connectivity index (χ0) is 10.7. The van der Waals surface area contributed by atoms with Crippen LogP contribution in [0, 0.1) is 11.6 Å². The van der Waals surface area contributed by atoms with Crippen molar-refractivity contribution in [1.29, 1.82) is 0 Å². The van der Waals surface area contributed by atoms with E-state index >= 15 is 0 Å². The van der Waals surface area contributed by atoms with Gasteiger partial charge in [-0.15, -0.1) is 12.4 Å². The van der Waals surface area contributed by atoms with Crippen LogP contribution < -0.4 is 5.73 Å². The third-order valence-electron chi connectivity index (χ3n) is 1.76. The lowest BCUT2D eigenvalue weighted by molar-refractivity contribution is -0.137. The fourth-order valence-electron chi connectivity index (χ4n) is 1.10. The van der Waals surface area contributed by atoms with E-state index in [-0.39, 0.29) is 24.4 Å². The minimum absolute atomic E-state index is 0. The Morgan fingerprint density at radius 1 is 1.47 bits per heavy atom. The van der Waals surface area contributed by atoms with Crippen LogP contribution >= 0.6 is 12.4 Å². The van der Waals surface area contributed by atoms with Crippen LogP contribution in [-0.4, -0.2) is 11.1 Å². The van der Waals surface area contributed by atoms with Crippen molar-refractivity contribution >= 4 is 18.4 Å². The Morgan fingerprint density at radius 2 is 2.07 bits per heavy atom. The monoisotopic (exact) mass is 237 g/mol. The summed E-state index contributed by atoms with van der Waals surface area (Å²) in [6.45, 7) is 0. The third-order valence-corrected chi connectivity index (χ3v) is 1.76. The molecule has 84 valence electrons. The second kappa shape index (κ2) is 5.63. The van der Waals surface area contributed by atoms with E-state index in [1.807, 2.05) is 0 Å². The first-order chi connectivity index (χ1) is 6.50. The van der Waals surface area contributed by atoms with Gasteiger partial charge in [-0.2, -0.15) is 0 Å². The highest BCUT2D eigenvalue weighted by Crippen LogP contribution is 2.18. The molecule has 1 rings (SSSR count). The van der Waals surface area contributed by atoms with Gasteiger partial charge in [0.25, 0.3) is 0 Å². The predicted octanol–water partition coefficient (Wildman–Crippen LogP) is 1.86. The van der Waals surface area contributed by atoms with E-state index in [1.54, 1.807) is 0 Å². The number of halogens is 3. The zero-order valence-corrected chi connectivity index (χ0v) is 8.43. The number of carbonyl (C=O) groups is 1. The number of carboxylic acids is 1. The molecule has 1 aromatic rings. The largest absolute Gasteiger partial charge is 0.481 e. The molecular formula is C9H10ClF2NO2. The minimum atomic E-state index is -1.12. The van der Waals surface area contributed by atoms with E-state index in [4.69, 9.17) is 10.8 Å². The normalized spacial score (nSPS) is 11.7. The molecule has 0 spiro atoms. The van der Waals surface area contributed by atoms with Gasteiger partial charge in [-0.05, 0) is 6.07 Å². The maximum atomic E-state index is 13.0. The van der Waals surface area contributed by atoms with Gasteiger partial charge in [-0.3, -0.25) is 4.79 Å². The molecular weight excluding hydrogens is 228 g/mol. The van der Waals surface area contributed by atoms with Crippen molar-refractivity contribution < 1.29 is 18.7 Å². The van der Waals surface area contributed by atoms with Gasteiger partial charge in [0, 0.05) is 17.7 Å².